The average Bonchev–Trinajstić information content (AvgIpc) is 2.87. The number of nitrogens with one attached hydrogen (secondary N) is 1. The zero-order valence-corrected chi connectivity index (χ0v) is 10.8. The third-order valence-corrected chi connectivity index (χ3v) is 3.31. The summed E-state index contributed by atoms with van der Waals surface area (Å²) in [5.74, 6) is -0.227. The minimum atomic E-state index is -0.280. The summed E-state index contributed by atoms with van der Waals surface area (Å²) >= 11 is 0. The molecule has 1 aliphatic rings. The Morgan fingerprint density at radius 1 is 1.58 bits per heavy atom. The van der Waals surface area contributed by atoms with Gasteiger partial charge >= 0.3 is 0 Å². The van der Waals surface area contributed by atoms with Crippen molar-refractivity contribution in [2.75, 3.05) is 20.1 Å². The van der Waals surface area contributed by atoms with Crippen LogP contribution in [0.1, 0.15) is 23.3 Å². The van der Waals surface area contributed by atoms with Crippen molar-refractivity contribution in [2.24, 2.45) is 5.92 Å². The second-order valence-electron chi connectivity index (χ2n) is 4.65. The zero-order chi connectivity index (χ0) is 13.8. The Morgan fingerprint density at radius 2 is 2.37 bits per heavy atom. The van der Waals surface area contributed by atoms with Crippen LogP contribution < -0.4 is 5.32 Å². The molecule has 19 heavy (non-hydrogen) atoms. The van der Waals surface area contributed by atoms with Crippen LogP contribution in [0.4, 0.5) is 0 Å². The SMILES string of the molecule is CNC(=O)C[C@H]1CCN(C(=O)c2ncccc2O)C1. The minimum absolute atomic E-state index is 0.0139. The van der Waals surface area contributed by atoms with Crippen LogP contribution in [0.3, 0.4) is 0 Å². The highest BCUT2D eigenvalue weighted by molar-refractivity contribution is 5.95. The summed E-state index contributed by atoms with van der Waals surface area (Å²) in [4.78, 5) is 29.0. The third-order valence-electron chi connectivity index (χ3n) is 3.31. The van der Waals surface area contributed by atoms with Crippen LogP contribution >= 0.6 is 0 Å². The molecule has 0 aliphatic carbocycles. The lowest BCUT2D eigenvalue weighted by molar-refractivity contribution is -0.121. The molecule has 0 radical (unpaired) electrons. The van der Waals surface area contributed by atoms with E-state index in [-0.39, 0.29) is 29.2 Å². The van der Waals surface area contributed by atoms with E-state index in [9.17, 15) is 14.7 Å². The number of amides is 2. The van der Waals surface area contributed by atoms with Crippen LogP contribution in [0.25, 0.3) is 0 Å². The van der Waals surface area contributed by atoms with Gasteiger partial charge in [-0.25, -0.2) is 4.98 Å². The molecule has 6 heteroatoms. The molecule has 1 aromatic heterocycles. The van der Waals surface area contributed by atoms with Crippen LogP contribution in [0.15, 0.2) is 18.3 Å². The summed E-state index contributed by atoms with van der Waals surface area (Å²) in [5.41, 5.74) is 0.0723. The van der Waals surface area contributed by atoms with E-state index in [0.29, 0.717) is 19.5 Å². The van der Waals surface area contributed by atoms with Crippen molar-refractivity contribution in [2.45, 2.75) is 12.8 Å². The van der Waals surface area contributed by atoms with Crippen LogP contribution in [0, 0.1) is 5.92 Å². The normalized spacial score (nSPS) is 18.4. The molecular weight excluding hydrogens is 246 g/mol. The summed E-state index contributed by atoms with van der Waals surface area (Å²) in [6.45, 7) is 1.12. The number of carbonyl (C=O) groups is 2. The molecule has 1 aromatic rings. The lowest BCUT2D eigenvalue weighted by Crippen LogP contribution is -2.30. The van der Waals surface area contributed by atoms with E-state index in [0.717, 1.165) is 6.42 Å². The molecular formula is C13H17N3O3. The van der Waals surface area contributed by atoms with Gasteiger partial charge in [0.2, 0.25) is 5.91 Å². The fourth-order valence-corrected chi connectivity index (χ4v) is 2.26. The van der Waals surface area contributed by atoms with Gasteiger partial charge in [-0.2, -0.15) is 0 Å². The first-order chi connectivity index (χ1) is 9.11. The van der Waals surface area contributed by atoms with E-state index in [4.69, 9.17) is 0 Å². The Labute approximate surface area is 111 Å². The molecule has 2 rings (SSSR count). The lowest BCUT2D eigenvalue weighted by Gasteiger charge is -2.16. The molecule has 0 saturated carbocycles. The predicted molar refractivity (Wildman–Crippen MR) is 68.6 cm³/mol. The largest absolute Gasteiger partial charge is 0.505 e. The Balaban J connectivity index is 1.99. The maximum absolute atomic E-state index is 12.2. The van der Waals surface area contributed by atoms with Gasteiger partial charge in [-0.15, -0.1) is 0 Å². The Morgan fingerprint density at radius 3 is 3.05 bits per heavy atom. The number of likely N-dealkylation sites (tertiary alicyclic amines) is 1. The number of pyridine rings is 1. The number of aromatic hydroxyl groups is 1. The van der Waals surface area contributed by atoms with E-state index in [1.54, 1.807) is 18.0 Å². The number of hydrogen-bond acceptors (Lipinski definition) is 4. The smallest absolute Gasteiger partial charge is 0.276 e. The first kappa shape index (κ1) is 13.3. The van der Waals surface area contributed by atoms with Gasteiger partial charge in [0, 0.05) is 32.8 Å². The monoisotopic (exact) mass is 263 g/mol. The van der Waals surface area contributed by atoms with Crippen LogP contribution in [-0.4, -0.2) is 46.9 Å². The van der Waals surface area contributed by atoms with Gasteiger partial charge in [-0.3, -0.25) is 9.59 Å². The van der Waals surface area contributed by atoms with Crippen LogP contribution in [0.2, 0.25) is 0 Å². The molecule has 2 amide bonds. The predicted octanol–water partition coefficient (Wildman–Crippen LogP) is 0.385. The third kappa shape index (κ3) is 3.01. The van der Waals surface area contributed by atoms with Gasteiger partial charge in [0.15, 0.2) is 5.69 Å². The highest BCUT2D eigenvalue weighted by Crippen LogP contribution is 2.23. The van der Waals surface area contributed by atoms with Crippen molar-refractivity contribution in [1.29, 1.82) is 0 Å². The van der Waals surface area contributed by atoms with Crippen molar-refractivity contribution in [3.8, 4) is 5.75 Å². The molecule has 1 aliphatic heterocycles. The molecule has 1 fully saturated rings. The molecule has 6 nitrogen and oxygen atoms in total. The molecule has 0 bridgehead atoms. The quantitative estimate of drug-likeness (QED) is 0.826. The molecule has 0 unspecified atom stereocenters. The number of rotatable bonds is 3. The van der Waals surface area contributed by atoms with Crippen LogP contribution in [-0.2, 0) is 4.79 Å². The highest BCUT2D eigenvalue weighted by atomic mass is 16.3. The van der Waals surface area contributed by atoms with Gasteiger partial charge in [-0.1, -0.05) is 0 Å². The minimum Gasteiger partial charge on any atom is -0.505 e. The summed E-state index contributed by atoms with van der Waals surface area (Å²) in [6.07, 6.45) is 2.70. The summed E-state index contributed by atoms with van der Waals surface area (Å²) in [6, 6.07) is 3.02. The standard InChI is InChI=1S/C13H17N3O3/c1-14-11(18)7-9-4-6-16(8-9)13(19)12-10(17)3-2-5-15-12/h2-3,5,9,17H,4,6-8H2,1H3,(H,14,18)/t9-/m1/s1. The van der Waals surface area contributed by atoms with E-state index in [1.807, 2.05) is 0 Å². The van der Waals surface area contributed by atoms with Gasteiger partial charge in [0.25, 0.3) is 5.91 Å². The van der Waals surface area contributed by atoms with E-state index < -0.39 is 0 Å². The van der Waals surface area contributed by atoms with E-state index >= 15 is 0 Å². The molecule has 1 atom stereocenters. The Hall–Kier alpha value is -2.11. The van der Waals surface area contributed by atoms with Crippen molar-refractivity contribution in [3.63, 3.8) is 0 Å². The van der Waals surface area contributed by atoms with Gasteiger partial charge in [0.1, 0.15) is 5.75 Å². The highest BCUT2D eigenvalue weighted by Gasteiger charge is 2.29. The topological polar surface area (TPSA) is 82.5 Å². The second kappa shape index (κ2) is 5.69. The van der Waals surface area contributed by atoms with Crippen molar-refractivity contribution < 1.29 is 14.7 Å². The summed E-state index contributed by atoms with van der Waals surface area (Å²) in [7, 11) is 1.60. The van der Waals surface area contributed by atoms with Crippen molar-refractivity contribution in [1.82, 2.24) is 15.2 Å². The first-order valence-corrected chi connectivity index (χ1v) is 6.25. The van der Waals surface area contributed by atoms with Crippen LogP contribution in [0.5, 0.6) is 5.75 Å². The Kier molecular flexibility index (Phi) is 3.99. The lowest BCUT2D eigenvalue weighted by atomic mass is 10.0. The number of hydrogen-bond donors (Lipinski definition) is 2. The number of carbonyl (C=O) groups excluding carboxylic acids is 2. The zero-order valence-electron chi connectivity index (χ0n) is 10.8. The first-order valence-electron chi connectivity index (χ1n) is 6.25. The molecule has 2 heterocycles. The summed E-state index contributed by atoms with van der Waals surface area (Å²) in [5, 5.41) is 12.2. The molecule has 2 N–H and O–H groups in total. The maximum atomic E-state index is 12.2. The van der Waals surface area contributed by atoms with Crippen molar-refractivity contribution in [3.05, 3.63) is 24.0 Å². The van der Waals surface area contributed by atoms with Gasteiger partial charge < -0.3 is 15.3 Å². The van der Waals surface area contributed by atoms with E-state index in [2.05, 4.69) is 10.3 Å². The molecule has 102 valence electrons. The van der Waals surface area contributed by atoms with Gasteiger partial charge in [-0.05, 0) is 24.5 Å². The molecule has 1 saturated heterocycles. The number of nitrogens with zero attached hydrogens (tertiary/aromatic N) is 2. The average molecular weight is 263 g/mol. The van der Waals surface area contributed by atoms with Gasteiger partial charge in [0.05, 0.1) is 0 Å². The second-order valence-corrected chi connectivity index (χ2v) is 4.65. The fraction of sp³-hybridized carbons (Fsp3) is 0.462. The molecule has 0 aromatic carbocycles. The molecule has 0 spiro atoms. The Bertz CT molecular complexity index is 490. The van der Waals surface area contributed by atoms with E-state index in [1.165, 1.54) is 12.3 Å². The fourth-order valence-electron chi connectivity index (χ4n) is 2.26. The van der Waals surface area contributed by atoms with Crippen molar-refractivity contribution >= 4 is 11.8 Å². The number of aromatic nitrogens is 1. The summed E-state index contributed by atoms with van der Waals surface area (Å²) < 4.78 is 0. The maximum Gasteiger partial charge on any atom is 0.276 e.